The number of aryl methyl sites for hydroxylation is 1. The molecule has 0 saturated carbocycles. The molecule has 1 aromatic carbocycles. The van der Waals surface area contributed by atoms with E-state index in [0.717, 1.165) is 29.8 Å². The fraction of sp³-hybridized carbons (Fsp3) is 0.294. The molecule has 0 radical (unpaired) electrons. The van der Waals surface area contributed by atoms with Crippen molar-refractivity contribution in [1.29, 1.82) is 0 Å². The maximum absolute atomic E-state index is 12.6. The number of hydrogen-bond acceptors (Lipinski definition) is 3. The Hall–Kier alpha value is -2.16. The van der Waals surface area contributed by atoms with Gasteiger partial charge >= 0.3 is 0 Å². The summed E-state index contributed by atoms with van der Waals surface area (Å²) in [6.07, 6.45) is 3.61. The van der Waals surface area contributed by atoms with E-state index in [2.05, 4.69) is 11.1 Å². The minimum Gasteiger partial charge on any atom is -0.378 e. The lowest BCUT2D eigenvalue weighted by Crippen LogP contribution is -2.12. The number of nitrogens with zero attached hydrogens (tertiary/aromatic N) is 2. The third-order valence-electron chi connectivity index (χ3n) is 3.94. The average Bonchev–Trinajstić information content (AvgIpc) is 2.90. The molecule has 2 aromatic rings. The minimum absolute atomic E-state index is 0.0728. The number of hydrogen-bond donors (Lipinski definition) is 0. The molecule has 20 heavy (non-hydrogen) atoms. The maximum Gasteiger partial charge on any atom is 0.171 e. The van der Waals surface area contributed by atoms with Crippen molar-refractivity contribution >= 4 is 11.5 Å². The van der Waals surface area contributed by atoms with Gasteiger partial charge in [-0.15, -0.1) is 0 Å². The van der Waals surface area contributed by atoms with Gasteiger partial charge in [0.2, 0.25) is 0 Å². The van der Waals surface area contributed by atoms with Gasteiger partial charge in [0.15, 0.2) is 5.78 Å². The first-order valence-electron chi connectivity index (χ1n) is 6.92. The highest BCUT2D eigenvalue weighted by molar-refractivity contribution is 6.01. The maximum atomic E-state index is 12.6. The Labute approximate surface area is 119 Å². The lowest BCUT2D eigenvalue weighted by molar-refractivity contribution is 0.0958. The first-order chi connectivity index (χ1) is 9.66. The number of Topliss-reactive ketones (excluding diaryl/α,β-unsaturated/α-hetero) is 1. The Morgan fingerprint density at radius 3 is 2.65 bits per heavy atom. The average molecular weight is 266 g/mol. The molecule has 0 spiro atoms. The lowest BCUT2D eigenvalue weighted by Gasteiger charge is -2.14. The largest absolute Gasteiger partial charge is 0.378 e. The van der Waals surface area contributed by atoms with Gasteiger partial charge in [-0.2, -0.15) is 0 Å². The predicted molar refractivity (Wildman–Crippen MR) is 80.4 cm³/mol. The van der Waals surface area contributed by atoms with Gasteiger partial charge in [0.25, 0.3) is 0 Å². The summed E-state index contributed by atoms with van der Waals surface area (Å²) >= 11 is 0. The zero-order valence-electron chi connectivity index (χ0n) is 11.8. The number of rotatable bonds is 3. The van der Waals surface area contributed by atoms with E-state index in [4.69, 9.17) is 0 Å². The van der Waals surface area contributed by atoms with Crippen LogP contribution in [0.5, 0.6) is 0 Å². The van der Waals surface area contributed by atoms with Crippen molar-refractivity contribution in [3.63, 3.8) is 0 Å². The van der Waals surface area contributed by atoms with Crippen molar-refractivity contribution in [2.75, 3.05) is 19.0 Å². The molecule has 0 bridgehead atoms. The third kappa shape index (κ3) is 2.20. The van der Waals surface area contributed by atoms with Crippen molar-refractivity contribution in [1.82, 2.24) is 4.98 Å². The van der Waals surface area contributed by atoms with Crippen LogP contribution in [0, 0.1) is 0 Å². The molecule has 3 rings (SSSR count). The molecule has 0 fully saturated rings. The highest BCUT2D eigenvalue weighted by Crippen LogP contribution is 2.33. The molecular formula is C17H18N2O. The molecule has 1 atom stereocenters. The van der Waals surface area contributed by atoms with Crippen molar-refractivity contribution in [3.8, 4) is 0 Å². The molecule has 0 N–H and O–H groups in total. The Morgan fingerprint density at radius 2 is 1.95 bits per heavy atom. The summed E-state index contributed by atoms with van der Waals surface area (Å²) in [4.78, 5) is 19.1. The molecule has 1 aliphatic carbocycles. The van der Waals surface area contributed by atoms with Crippen LogP contribution in [-0.2, 0) is 6.42 Å². The molecule has 0 amide bonds. The van der Waals surface area contributed by atoms with Gasteiger partial charge in [-0.1, -0.05) is 6.07 Å². The normalized spacial score (nSPS) is 16.8. The van der Waals surface area contributed by atoms with Gasteiger partial charge in [0.05, 0.1) is 11.6 Å². The molecule has 0 aliphatic heterocycles. The molecule has 1 heterocycles. The second-order valence-corrected chi connectivity index (χ2v) is 5.44. The molecule has 3 nitrogen and oxygen atoms in total. The number of benzene rings is 1. The van der Waals surface area contributed by atoms with Crippen LogP contribution in [0.25, 0.3) is 0 Å². The first-order valence-corrected chi connectivity index (χ1v) is 6.92. The zero-order valence-corrected chi connectivity index (χ0v) is 11.8. The highest BCUT2D eigenvalue weighted by atomic mass is 16.1. The van der Waals surface area contributed by atoms with E-state index in [1.807, 2.05) is 49.3 Å². The number of ketones is 1. The van der Waals surface area contributed by atoms with Crippen molar-refractivity contribution in [2.45, 2.75) is 18.8 Å². The summed E-state index contributed by atoms with van der Waals surface area (Å²) in [5, 5.41) is 0. The van der Waals surface area contributed by atoms with Gasteiger partial charge in [0, 0.05) is 31.5 Å². The molecule has 0 saturated heterocycles. The topological polar surface area (TPSA) is 33.2 Å². The Bertz CT molecular complexity index is 632. The van der Waals surface area contributed by atoms with Crippen LogP contribution < -0.4 is 4.90 Å². The second kappa shape index (κ2) is 5.08. The molecule has 3 heteroatoms. The molecule has 1 aromatic heterocycles. The quantitative estimate of drug-likeness (QED) is 0.800. The zero-order chi connectivity index (χ0) is 14.1. The smallest absolute Gasteiger partial charge is 0.171 e. The monoisotopic (exact) mass is 266 g/mol. The minimum atomic E-state index is -0.0728. The van der Waals surface area contributed by atoms with Crippen LogP contribution in [0.15, 0.2) is 42.6 Å². The Morgan fingerprint density at radius 1 is 1.20 bits per heavy atom. The summed E-state index contributed by atoms with van der Waals surface area (Å²) in [5.41, 5.74) is 4.07. The van der Waals surface area contributed by atoms with Crippen LogP contribution >= 0.6 is 0 Å². The highest BCUT2D eigenvalue weighted by Gasteiger charge is 2.30. The van der Waals surface area contributed by atoms with Crippen LogP contribution in [0.1, 0.15) is 34.0 Å². The SMILES string of the molecule is CN(C)c1ccc(C(=O)C2CCc3cccnc32)cc1. The Kier molecular flexibility index (Phi) is 3.26. The van der Waals surface area contributed by atoms with E-state index in [-0.39, 0.29) is 11.7 Å². The summed E-state index contributed by atoms with van der Waals surface area (Å²) in [7, 11) is 3.99. The van der Waals surface area contributed by atoms with E-state index in [9.17, 15) is 4.79 Å². The fourth-order valence-corrected chi connectivity index (χ4v) is 2.79. The summed E-state index contributed by atoms with van der Waals surface area (Å²) < 4.78 is 0. The van der Waals surface area contributed by atoms with E-state index in [0.29, 0.717) is 0 Å². The van der Waals surface area contributed by atoms with Gasteiger partial charge in [-0.3, -0.25) is 9.78 Å². The summed E-state index contributed by atoms with van der Waals surface area (Å²) in [5.74, 6) is 0.115. The standard InChI is InChI=1S/C17H18N2O/c1-19(2)14-8-5-13(6-9-14)17(20)15-10-7-12-4-3-11-18-16(12)15/h3-6,8-9,11,15H,7,10H2,1-2H3. The van der Waals surface area contributed by atoms with E-state index in [1.165, 1.54) is 5.56 Å². The lowest BCUT2D eigenvalue weighted by atomic mass is 9.95. The van der Waals surface area contributed by atoms with Gasteiger partial charge in [-0.05, 0) is 48.7 Å². The van der Waals surface area contributed by atoms with Crippen molar-refractivity contribution in [2.24, 2.45) is 0 Å². The van der Waals surface area contributed by atoms with Gasteiger partial charge in [-0.25, -0.2) is 0 Å². The van der Waals surface area contributed by atoms with Crippen LogP contribution in [-0.4, -0.2) is 24.9 Å². The van der Waals surface area contributed by atoms with E-state index >= 15 is 0 Å². The van der Waals surface area contributed by atoms with Crippen molar-refractivity contribution < 1.29 is 4.79 Å². The van der Waals surface area contributed by atoms with E-state index in [1.54, 1.807) is 6.20 Å². The number of pyridine rings is 1. The third-order valence-corrected chi connectivity index (χ3v) is 3.94. The molecular weight excluding hydrogens is 248 g/mol. The summed E-state index contributed by atoms with van der Waals surface area (Å²) in [6, 6.07) is 11.8. The van der Waals surface area contributed by atoms with Crippen LogP contribution in [0.3, 0.4) is 0 Å². The fourth-order valence-electron chi connectivity index (χ4n) is 2.79. The van der Waals surface area contributed by atoms with Crippen molar-refractivity contribution in [3.05, 3.63) is 59.4 Å². The second-order valence-electron chi connectivity index (χ2n) is 5.44. The van der Waals surface area contributed by atoms with Crippen LogP contribution in [0.2, 0.25) is 0 Å². The van der Waals surface area contributed by atoms with Gasteiger partial charge < -0.3 is 4.90 Å². The number of anilines is 1. The van der Waals surface area contributed by atoms with E-state index < -0.39 is 0 Å². The predicted octanol–water partition coefficient (Wildman–Crippen LogP) is 3.06. The van der Waals surface area contributed by atoms with Crippen LogP contribution in [0.4, 0.5) is 5.69 Å². The number of carbonyl (C=O) groups is 1. The number of aromatic nitrogens is 1. The molecule has 1 unspecified atom stereocenters. The first kappa shape index (κ1) is 12.9. The molecule has 1 aliphatic rings. The molecule has 102 valence electrons. The Balaban J connectivity index is 1.87. The summed E-state index contributed by atoms with van der Waals surface area (Å²) in [6.45, 7) is 0. The van der Waals surface area contributed by atoms with Gasteiger partial charge in [0.1, 0.15) is 0 Å². The number of fused-ring (bicyclic) bond motifs is 1. The number of carbonyl (C=O) groups excluding carboxylic acids is 1.